The average Bonchev–Trinajstić information content (AvgIpc) is 3.15. The van der Waals surface area contributed by atoms with Gasteiger partial charge in [-0.2, -0.15) is 23.2 Å². The van der Waals surface area contributed by atoms with E-state index >= 15 is 0 Å². The monoisotopic (exact) mass is 531 g/mol. The molecule has 3 heterocycles. The van der Waals surface area contributed by atoms with E-state index in [-0.39, 0.29) is 17.0 Å². The van der Waals surface area contributed by atoms with E-state index in [2.05, 4.69) is 16.0 Å². The fourth-order valence-corrected chi connectivity index (χ4v) is 5.08. The number of nitrogens with zero attached hydrogens (tertiary/aromatic N) is 4. The summed E-state index contributed by atoms with van der Waals surface area (Å²) < 4.78 is 81.5. The largest absolute Gasteiger partial charge is 0.404 e. The van der Waals surface area contributed by atoms with Crippen LogP contribution in [0.5, 0.6) is 0 Å². The van der Waals surface area contributed by atoms with Gasteiger partial charge < -0.3 is 0 Å². The number of nitrogens with one attached hydrogen (secondary N) is 1. The highest BCUT2D eigenvalue weighted by molar-refractivity contribution is 7.89. The maximum absolute atomic E-state index is 14.7. The maximum Gasteiger partial charge on any atom is 0.404 e. The Morgan fingerprint density at radius 1 is 1.16 bits per heavy atom. The third-order valence-corrected chi connectivity index (χ3v) is 7.40. The number of pyridine rings is 2. The van der Waals surface area contributed by atoms with E-state index in [0.717, 1.165) is 17.8 Å². The summed E-state index contributed by atoms with van der Waals surface area (Å²) >= 11 is 0. The molecule has 0 saturated carbocycles. The van der Waals surface area contributed by atoms with E-state index in [1.807, 2.05) is 6.92 Å². The van der Waals surface area contributed by atoms with Crippen LogP contribution in [0.3, 0.4) is 0 Å². The average molecular weight is 532 g/mol. The SMILES string of the molecule is CCc1cc2c(cc1F)c(C#N)c(-c1ccc(S(=O)(=O)NC(C)C(F)(F)F)cn1)n2-c1cc(C)ccn1. The summed E-state index contributed by atoms with van der Waals surface area (Å²) in [5, 5.41) is 10.3. The van der Waals surface area contributed by atoms with E-state index in [9.17, 15) is 31.2 Å². The van der Waals surface area contributed by atoms with Crippen LogP contribution in [-0.2, 0) is 16.4 Å². The minimum atomic E-state index is -4.77. The zero-order valence-corrected chi connectivity index (χ0v) is 20.7. The number of hydrogen-bond acceptors (Lipinski definition) is 5. The molecule has 3 aromatic heterocycles. The molecule has 7 nitrogen and oxygen atoms in total. The molecule has 1 atom stereocenters. The number of nitriles is 1. The number of sulfonamides is 1. The fourth-order valence-electron chi connectivity index (χ4n) is 3.90. The van der Waals surface area contributed by atoms with Gasteiger partial charge in [0.15, 0.2) is 0 Å². The molecule has 4 rings (SSSR count). The number of fused-ring (bicyclic) bond motifs is 1. The van der Waals surface area contributed by atoms with Gasteiger partial charge in [-0.15, -0.1) is 0 Å². The Kier molecular flexibility index (Phi) is 6.79. The lowest BCUT2D eigenvalue weighted by atomic mass is 10.1. The summed E-state index contributed by atoms with van der Waals surface area (Å²) in [6, 6.07) is 8.60. The van der Waals surface area contributed by atoms with Crippen LogP contribution in [0.2, 0.25) is 0 Å². The van der Waals surface area contributed by atoms with Crippen LogP contribution in [-0.4, -0.2) is 35.2 Å². The van der Waals surface area contributed by atoms with Gasteiger partial charge in [-0.1, -0.05) is 6.92 Å². The Labute approximate surface area is 210 Å². The van der Waals surface area contributed by atoms with Gasteiger partial charge in [0.1, 0.15) is 28.6 Å². The molecule has 0 saturated heterocycles. The molecule has 0 amide bonds. The van der Waals surface area contributed by atoms with E-state index in [0.29, 0.717) is 35.6 Å². The quantitative estimate of drug-likeness (QED) is 0.345. The van der Waals surface area contributed by atoms with Crippen LogP contribution in [0.15, 0.2) is 53.7 Å². The summed E-state index contributed by atoms with van der Waals surface area (Å²) in [6.07, 6.45) is -1.88. The van der Waals surface area contributed by atoms with Crippen LogP contribution < -0.4 is 4.72 Å². The van der Waals surface area contributed by atoms with Crippen LogP contribution in [0.4, 0.5) is 17.6 Å². The number of alkyl halides is 3. The minimum absolute atomic E-state index is 0.0896. The van der Waals surface area contributed by atoms with Crippen LogP contribution in [0.1, 0.15) is 30.5 Å². The molecule has 192 valence electrons. The third-order valence-electron chi connectivity index (χ3n) is 5.87. The van der Waals surface area contributed by atoms with Gasteiger partial charge >= 0.3 is 6.18 Å². The predicted molar refractivity (Wildman–Crippen MR) is 129 cm³/mol. The van der Waals surface area contributed by atoms with Crippen LogP contribution in [0, 0.1) is 24.1 Å². The maximum atomic E-state index is 14.7. The van der Waals surface area contributed by atoms with Crippen molar-refractivity contribution in [1.29, 1.82) is 5.26 Å². The Morgan fingerprint density at radius 2 is 1.89 bits per heavy atom. The topological polar surface area (TPSA) is 101 Å². The number of benzene rings is 1. The van der Waals surface area contributed by atoms with E-state index in [1.54, 1.807) is 40.6 Å². The highest BCUT2D eigenvalue weighted by atomic mass is 32.2. The molecule has 0 bridgehead atoms. The summed E-state index contributed by atoms with van der Waals surface area (Å²) in [4.78, 5) is 8.09. The second-order valence-corrected chi connectivity index (χ2v) is 10.2. The third kappa shape index (κ3) is 4.92. The molecule has 12 heteroatoms. The minimum Gasteiger partial charge on any atom is -0.291 e. The molecule has 0 radical (unpaired) electrons. The number of hydrogen-bond donors (Lipinski definition) is 1. The van der Waals surface area contributed by atoms with Crippen molar-refractivity contribution >= 4 is 20.9 Å². The summed E-state index contributed by atoms with van der Waals surface area (Å²) in [5.74, 6) is -0.0546. The van der Waals surface area contributed by atoms with Gasteiger partial charge in [-0.25, -0.2) is 17.8 Å². The first kappa shape index (κ1) is 26.2. The van der Waals surface area contributed by atoms with Crippen molar-refractivity contribution in [3.05, 3.63) is 71.3 Å². The number of aryl methyl sites for hydroxylation is 2. The van der Waals surface area contributed by atoms with Crippen molar-refractivity contribution in [2.45, 2.75) is 44.3 Å². The van der Waals surface area contributed by atoms with Crippen molar-refractivity contribution in [3.8, 4) is 23.3 Å². The second-order valence-electron chi connectivity index (χ2n) is 8.44. The van der Waals surface area contributed by atoms with Crippen molar-refractivity contribution in [1.82, 2.24) is 19.3 Å². The molecule has 1 unspecified atom stereocenters. The molecule has 0 spiro atoms. The molecule has 1 N–H and O–H groups in total. The van der Waals surface area contributed by atoms with E-state index < -0.39 is 33.0 Å². The van der Waals surface area contributed by atoms with Crippen LogP contribution >= 0.6 is 0 Å². The fraction of sp³-hybridized carbons (Fsp3) is 0.240. The molecule has 0 aliphatic rings. The smallest absolute Gasteiger partial charge is 0.291 e. The van der Waals surface area contributed by atoms with Gasteiger partial charge in [-0.05, 0) is 67.8 Å². The molecule has 0 aliphatic carbocycles. The zero-order valence-electron chi connectivity index (χ0n) is 19.9. The molecule has 4 aromatic rings. The highest BCUT2D eigenvalue weighted by Crippen LogP contribution is 2.36. The number of aromatic nitrogens is 3. The van der Waals surface area contributed by atoms with Gasteiger partial charge in [0.2, 0.25) is 10.0 Å². The van der Waals surface area contributed by atoms with Crippen LogP contribution in [0.25, 0.3) is 28.1 Å². The zero-order chi connectivity index (χ0) is 27.1. The molecule has 0 fully saturated rings. The van der Waals surface area contributed by atoms with Gasteiger partial charge in [-0.3, -0.25) is 9.55 Å². The Morgan fingerprint density at radius 3 is 2.46 bits per heavy atom. The Hall–Kier alpha value is -3.82. The van der Waals surface area contributed by atoms with Crippen molar-refractivity contribution in [2.24, 2.45) is 0 Å². The first-order chi connectivity index (χ1) is 17.4. The molecule has 1 aromatic carbocycles. The Bertz CT molecular complexity index is 1640. The normalized spacial score (nSPS) is 13.0. The highest BCUT2D eigenvalue weighted by Gasteiger charge is 2.39. The summed E-state index contributed by atoms with van der Waals surface area (Å²) in [7, 11) is -4.53. The molecular weight excluding hydrogens is 510 g/mol. The predicted octanol–water partition coefficient (Wildman–Crippen LogP) is 5.20. The van der Waals surface area contributed by atoms with E-state index in [1.165, 1.54) is 12.1 Å². The van der Waals surface area contributed by atoms with E-state index in [4.69, 9.17) is 0 Å². The number of rotatable bonds is 6. The summed E-state index contributed by atoms with van der Waals surface area (Å²) in [5.41, 5.74) is 2.28. The van der Waals surface area contributed by atoms with Gasteiger partial charge in [0.25, 0.3) is 0 Å². The summed E-state index contributed by atoms with van der Waals surface area (Å²) in [6.45, 7) is 4.34. The van der Waals surface area contributed by atoms with Gasteiger partial charge in [0, 0.05) is 17.8 Å². The lowest BCUT2D eigenvalue weighted by molar-refractivity contribution is -0.147. The lowest BCUT2D eigenvalue weighted by Crippen LogP contribution is -2.42. The van der Waals surface area contributed by atoms with Gasteiger partial charge in [0.05, 0.1) is 22.5 Å². The van der Waals surface area contributed by atoms with Crippen molar-refractivity contribution in [3.63, 3.8) is 0 Å². The molecule has 0 aliphatic heterocycles. The second kappa shape index (κ2) is 9.57. The first-order valence-electron chi connectivity index (χ1n) is 11.1. The Balaban J connectivity index is 1.93. The standard InChI is InChI=1S/C25H21F4N5O2S/c1-4-16-10-22-18(11-20(16)26)19(12-30)24(34(22)23-9-14(2)7-8-31-23)21-6-5-17(13-32-21)37(35,36)33-15(3)25(27,28)29/h5-11,13,15,33H,4H2,1-3H3. The lowest BCUT2D eigenvalue weighted by Gasteiger charge is -2.17. The molecule has 37 heavy (non-hydrogen) atoms. The molecular formula is C25H21F4N5O2S. The first-order valence-corrected chi connectivity index (χ1v) is 12.6. The number of halogens is 4. The van der Waals surface area contributed by atoms with Crippen molar-refractivity contribution < 1.29 is 26.0 Å². The van der Waals surface area contributed by atoms with Crippen molar-refractivity contribution in [2.75, 3.05) is 0 Å².